The normalized spacial score (nSPS) is 10.6. The molecule has 86 valence electrons. The largest absolute Gasteiger partial charge is 0.357 e. The van der Waals surface area contributed by atoms with Crippen LogP contribution in [0.4, 0.5) is 5.13 Å². The van der Waals surface area contributed by atoms with E-state index in [0.717, 1.165) is 18.1 Å². The Hall–Kier alpha value is -0.870. The van der Waals surface area contributed by atoms with Crippen molar-refractivity contribution in [1.29, 1.82) is 0 Å². The fraction of sp³-hybridized carbons (Fsp3) is 0.417. The highest BCUT2D eigenvalue weighted by molar-refractivity contribution is 7.15. The molecule has 0 spiro atoms. The molecule has 0 atom stereocenters. The highest BCUT2D eigenvalue weighted by Gasteiger charge is 2.01. The topological polar surface area (TPSA) is 24.9 Å². The summed E-state index contributed by atoms with van der Waals surface area (Å²) in [5.41, 5.74) is 0. The first-order valence-electron chi connectivity index (χ1n) is 5.52. The number of hydrogen-bond donors (Lipinski definition) is 1. The van der Waals surface area contributed by atoms with Crippen LogP contribution >= 0.6 is 22.7 Å². The van der Waals surface area contributed by atoms with Gasteiger partial charge in [-0.1, -0.05) is 13.3 Å². The molecule has 0 amide bonds. The zero-order valence-electron chi connectivity index (χ0n) is 9.62. The Labute approximate surface area is 104 Å². The lowest BCUT2D eigenvalue weighted by atomic mass is 10.3. The van der Waals surface area contributed by atoms with Crippen molar-refractivity contribution in [2.75, 3.05) is 5.32 Å². The van der Waals surface area contributed by atoms with E-state index in [1.807, 2.05) is 17.5 Å². The summed E-state index contributed by atoms with van der Waals surface area (Å²) in [5, 5.41) is 4.41. The summed E-state index contributed by atoms with van der Waals surface area (Å²) in [7, 11) is 0. The third-order valence-electron chi connectivity index (χ3n) is 2.26. The van der Waals surface area contributed by atoms with E-state index in [9.17, 15) is 0 Å². The first-order chi connectivity index (χ1) is 7.78. The minimum absolute atomic E-state index is 0.886. The van der Waals surface area contributed by atoms with E-state index in [4.69, 9.17) is 0 Å². The van der Waals surface area contributed by atoms with E-state index in [1.54, 1.807) is 11.3 Å². The summed E-state index contributed by atoms with van der Waals surface area (Å²) >= 11 is 3.60. The maximum atomic E-state index is 4.37. The second kappa shape index (κ2) is 5.46. The molecule has 2 heterocycles. The Morgan fingerprint density at radius 1 is 1.25 bits per heavy atom. The Morgan fingerprint density at radius 3 is 2.81 bits per heavy atom. The average Bonchev–Trinajstić information content (AvgIpc) is 2.85. The van der Waals surface area contributed by atoms with Gasteiger partial charge in [0.1, 0.15) is 0 Å². The van der Waals surface area contributed by atoms with Crippen molar-refractivity contribution in [3.63, 3.8) is 0 Å². The van der Waals surface area contributed by atoms with Gasteiger partial charge in [-0.05, 0) is 25.5 Å². The second-order valence-corrected chi connectivity index (χ2v) is 6.24. The molecule has 0 aliphatic rings. The van der Waals surface area contributed by atoms with Crippen molar-refractivity contribution in [2.24, 2.45) is 0 Å². The van der Waals surface area contributed by atoms with Crippen molar-refractivity contribution in [3.05, 3.63) is 33.0 Å². The maximum Gasteiger partial charge on any atom is 0.183 e. The van der Waals surface area contributed by atoms with Crippen LogP contribution in [0, 0.1) is 6.92 Å². The molecule has 0 bridgehead atoms. The number of thiazole rings is 1. The predicted octanol–water partition coefficient (Wildman–Crippen LogP) is 4.08. The number of hydrogen-bond acceptors (Lipinski definition) is 4. The van der Waals surface area contributed by atoms with E-state index < -0.39 is 0 Å². The molecular weight excluding hydrogens is 236 g/mol. The van der Waals surface area contributed by atoms with Gasteiger partial charge >= 0.3 is 0 Å². The van der Waals surface area contributed by atoms with Gasteiger partial charge in [0.2, 0.25) is 0 Å². The molecule has 2 rings (SSSR count). The average molecular weight is 252 g/mol. The molecule has 0 saturated carbocycles. The number of aryl methyl sites for hydroxylation is 2. The summed E-state index contributed by atoms with van der Waals surface area (Å²) in [6, 6.07) is 4.33. The number of thiophene rings is 1. The zero-order chi connectivity index (χ0) is 11.4. The Morgan fingerprint density at radius 2 is 2.12 bits per heavy atom. The molecule has 2 aromatic heterocycles. The molecule has 2 nitrogen and oxygen atoms in total. The van der Waals surface area contributed by atoms with Crippen LogP contribution in [0.25, 0.3) is 0 Å². The quantitative estimate of drug-likeness (QED) is 0.867. The third kappa shape index (κ3) is 3.06. The number of anilines is 1. The van der Waals surface area contributed by atoms with Crippen LogP contribution in [-0.2, 0) is 13.0 Å². The van der Waals surface area contributed by atoms with Gasteiger partial charge in [-0.15, -0.1) is 22.7 Å². The molecule has 4 heteroatoms. The highest BCUT2D eigenvalue weighted by Crippen LogP contribution is 2.21. The Balaban J connectivity index is 1.89. The van der Waals surface area contributed by atoms with Crippen molar-refractivity contribution in [2.45, 2.75) is 33.2 Å². The summed E-state index contributed by atoms with van der Waals surface area (Å²) in [4.78, 5) is 8.47. The zero-order valence-corrected chi connectivity index (χ0v) is 11.3. The number of nitrogens with one attached hydrogen (secondary N) is 1. The van der Waals surface area contributed by atoms with Gasteiger partial charge in [0.05, 0.1) is 6.54 Å². The second-order valence-electron chi connectivity index (χ2n) is 3.75. The Kier molecular flexibility index (Phi) is 3.96. The Bertz CT molecular complexity index is 445. The molecule has 0 aliphatic carbocycles. The molecule has 0 fully saturated rings. The smallest absolute Gasteiger partial charge is 0.183 e. The number of rotatable bonds is 5. The molecule has 0 saturated heterocycles. The van der Waals surface area contributed by atoms with Crippen molar-refractivity contribution >= 4 is 27.8 Å². The first kappa shape index (κ1) is 11.6. The summed E-state index contributed by atoms with van der Waals surface area (Å²) in [6.45, 7) is 5.22. The molecule has 0 aliphatic heterocycles. The van der Waals surface area contributed by atoms with Crippen molar-refractivity contribution in [3.8, 4) is 0 Å². The minimum atomic E-state index is 0.886. The van der Waals surface area contributed by atoms with Gasteiger partial charge in [0, 0.05) is 20.8 Å². The van der Waals surface area contributed by atoms with Gasteiger partial charge < -0.3 is 5.32 Å². The van der Waals surface area contributed by atoms with Crippen molar-refractivity contribution < 1.29 is 0 Å². The van der Waals surface area contributed by atoms with Gasteiger partial charge in [0.15, 0.2) is 5.13 Å². The van der Waals surface area contributed by atoms with E-state index in [2.05, 4.69) is 36.3 Å². The van der Waals surface area contributed by atoms with E-state index in [-0.39, 0.29) is 0 Å². The molecule has 16 heavy (non-hydrogen) atoms. The lowest BCUT2D eigenvalue weighted by Crippen LogP contribution is -1.95. The van der Waals surface area contributed by atoms with Crippen LogP contribution in [0.3, 0.4) is 0 Å². The molecule has 0 unspecified atom stereocenters. The molecule has 0 aromatic carbocycles. The minimum Gasteiger partial charge on any atom is -0.357 e. The molecule has 1 N–H and O–H groups in total. The third-order valence-corrected chi connectivity index (χ3v) is 4.28. The van der Waals surface area contributed by atoms with Gasteiger partial charge in [0.25, 0.3) is 0 Å². The highest BCUT2D eigenvalue weighted by atomic mass is 32.1. The molecule has 2 aromatic rings. The summed E-state index contributed by atoms with van der Waals surface area (Å²) < 4.78 is 0. The van der Waals surface area contributed by atoms with Crippen molar-refractivity contribution in [1.82, 2.24) is 4.98 Å². The lowest BCUT2D eigenvalue weighted by Gasteiger charge is -1.98. The molecular formula is C12H16N2S2. The monoisotopic (exact) mass is 252 g/mol. The fourth-order valence-electron chi connectivity index (χ4n) is 1.49. The van der Waals surface area contributed by atoms with E-state index in [1.165, 1.54) is 21.1 Å². The van der Waals surface area contributed by atoms with Crippen LogP contribution in [0.5, 0.6) is 0 Å². The standard InChI is InChI=1S/C12H16N2S2/c1-3-4-10-7-13-12(16-10)14-8-11-6-5-9(2)15-11/h5-7H,3-4,8H2,1-2H3,(H,13,14). The van der Waals surface area contributed by atoms with Crippen LogP contribution < -0.4 is 5.32 Å². The maximum absolute atomic E-state index is 4.37. The van der Waals surface area contributed by atoms with Gasteiger partial charge in [-0.2, -0.15) is 0 Å². The van der Waals surface area contributed by atoms with Crippen LogP contribution in [0.1, 0.15) is 28.0 Å². The van der Waals surface area contributed by atoms with Gasteiger partial charge in [-0.3, -0.25) is 0 Å². The fourth-order valence-corrected chi connectivity index (χ4v) is 3.23. The SMILES string of the molecule is CCCc1cnc(NCc2ccc(C)s2)s1. The van der Waals surface area contributed by atoms with Crippen LogP contribution in [-0.4, -0.2) is 4.98 Å². The summed E-state index contributed by atoms with van der Waals surface area (Å²) in [6.07, 6.45) is 4.30. The molecule has 0 radical (unpaired) electrons. The number of aromatic nitrogens is 1. The van der Waals surface area contributed by atoms with E-state index in [0.29, 0.717) is 0 Å². The first-order valence-corrected chi connectivity index (χ1v) is 7.15. The van der Waals surface area contributed by atoms with Crippen LogP contribution in [0.15, 0.2) is 18.3 Å². The van der Waals surface area contributed by atoms with Crippen LogP contribution in [0.2, 0.25) is 0 Å². The van der Waals surface area contributed by atoms with E-state index >= 15 is 0 Å². The predicted molar refractivity (Wildman–Crippen MR) is 72.5 cm³/mol. The van der Waals surface area contributed by atoms with Gasteiger partial charge in [-0.25, -0.2) is 4.98 Å². The lowest BCUT2D eigenvalue weighted by molar-refractivity contribution is 0.936. The summed E-state index contributed by atoms with van der Waals surface area (Å²) in [5.74, 6) is 0. The number of nitrogens with zero attached hydrogens (tertiary/aromatic N) is 1.